The zero-order valence-corrected chi connectivity index (χ0v) is 29.3. The molecule has 1 saturated carbocycles. The molecule has 0 atom stereocenters. The monoisotopic (exact) mass is 656 g/mol. The van der Waals surface area contributed by atoms with Gasteiger partial charge in [-0.25, -0.2) is 9.97 Å². The Labute approximate surface area is 300 Å². The number of rotatable bonds is 4. The Morgan fingerprint density at radius 1 is 0.392 bits per heavy atom. The van der Waals surface area contributed by atoms with Crippen LogP contribution in [0.3, 0.4) is 0 Å². The van der Waals surface area contributed by atoms with E-state index in [0.717, 1.165) is 33.9 Å². The number of aromatic nitrogens is 2. The molecule has 0 aliphatic heterocycles. The van der Waals surface area contributed by atoms with Gasteiger partial charge in [0.25, 0.3) is 0 Å². The number of hydrogen-bond donors (Lipinski definition) is 0. The summed E-state index contributed by atoms with van der Waals surface area (Å²) in [5.41, 5.74) is 19.3. The van der Waals surface area contributed by atoms with E-state index in [1.54, 1.807) is 11.1 Å². The van der Waals surface area contributed by atoms with E-state index in [1.807, 2.05) is 24.3 Å². The average Bonchev–Trinajstić information content (AvgIpc) is 3.58. The smallest absolute Gasteiger partial charge is 0.160 e. The first kappa shape index (κ1) is 30.2. The second-order valence-corrected chi connectivity index (χ2v) is 15.3. The van der Waals surface area contributed by atoms with E-state index in [0.29, 0.717) is 0 Å². The predicted molar refractivity (Wildman–Crippen MR) is 211 cm³/mol. The molecule has 0 unspecified atom stereocenters. The van der Waals surface area contributed by atoms with E-state index >= 15 is 0 Å². The highest BCUT2D eigenvalue weighted by molar-refractivity contribution is 5.91. The SMILES string of the molecule is CC1(C)c2cc(-c3ccc(-c4cc(-c5ccccc5)nc(-c5ccccc5)n4)cc3)ccc2-c2cc3c(cc21)-c1ccccc1C31CCCCC1. The fourth-order valence-electron chi connectivity index (χ4n) is 9.46. The van der Waals surface area contributed by atoms with Crippen molar-refractivity contribution < 1.29 is 0 Å². The highest BCUT2D eigenvalue weighted by atomic mass is 14.9. The summed E-state index contributed by atoms with van der Waals surface area (Å²) in [5, 5.41) is 0. The molecule has 2 heteroatoms. The van der Waals surface area contributed by atoms with Crippen LogP contribution in [0.25, 0.3) is 67.3 Å². The molecular formula is C49H40N2. The Morgan fingerprint density at radius 3 is 1.65 bits per heavy atom. The molecule has 3 aliphatic carbocycles. The Bertz CT molecular complexity index is 2390. The summed E-state index contributed by atoms with van der Waals surface area (Å²) in [4.78, 5) is 10.0. The first-order valence-corrected chi connectivity index (χ1v) is 18.5. The van der Waals surface area contributed by atoms with Crippen LogP contribution in [0.5, 0.6) is 0 Å². The highest BCUT2D eigenvalue weighted by Gasteiger charge is 2.46. The summed E-state index contributed by atoms with van der Waals surface area (Å²) < 4.78 is 0. The second-order valence-electron chi connectivity index (χ2n) is 15.3. The molecule has 0 N–H and O–H groups in total. The van der Waals surface area contributed by atoms with Gasteiger partial charge in [-0.1, -0.05) is 154 Å². The number of fused-ring (bicyclic) bond motifs is 8. The molecule has 246 valence electrons. The summed E-state index contributed by atoms with van der Waals surface area (Å²) in [7, 11) is 0. The van der Waals surface area contributed by atoms with Crippen molar-refractivity contribution in [3.8, 4) is 67.3 Å². The minimum atomic E-state index is -0.0878. The van der Waals surface area contributed by atoms with Gasteiger partial charge in [0.1, 0.15) is 0 Å². The van der Waals surface area contributed by atoms with E-state index in [2.05, 4.69) is 135 Å². The van der Waals surface area contributed by atoms with Gasteiger partial charge in [0.05, 0.1) is 11.4 Å². The van der Waals surface area contributed by atoms with Crippen molar-refractivity contribution >= 4 is 0 Å². The first-order chi connectivity index (χ1) is 25.0. The van der Waals surface area contributed by atoms with Crippen molar-refractivity contribution in [1.29, 1.82) is 0 Å². The Hall–Kier alpha value is -5.60. The van der Waals surface area contributed by atoms with Crippen LogP contribution in [0.1, 0.15) is 68.2 Å². The number of nitrogens with zero attached hydrogens (tertiary/aromatic N) is 2. The minimum Gasteiger partial charge on any atom is -0.228 e. The van der Waals surface area contributed by atoms with Crippen LogP contribution in [0.4, 0.5) is 0 Å². The lowest BCUT2D eigenvalue weighted by Crippen LogP contribution is -2.28. The molecule has 51 heavy (non-hydrogen) atoms. The van der Waals surface area contributed by atoms with Gasteiger partial charge in [0.2, 0.25) is 0 Å². The van der Waals surface area contributed by atoms with Gasteiger partial charge in [-0.2, -0.15) is 0 Å². The molecule has 7 aromatic rings. The van der Waals surface area contributed by atoms with Crippen LogP contribution in [0.2, 0.25) is 0 Å². The Morgan fingerprint density at radius 2 is 0.922 bits per heavy atom. The third kappa shape index (κ3) is 4.69. The van der Waals surface area contributed by atoms with Crippen LogP contribution in [-0.4, -0.2) is 9.97 Å². The molecule has 0 amide bonds. The summed E-state index contributed by atoms with van der Waals surface area (Å²) >= 11 is 0. The maximum atomic E-state index is 5.05. The summed E-state index contributed by atoms with van der Waals surface area (Å²) in [6.45, 7) is 4.83. The molecule has 3 aliphatic rings. The van der Waals surface area contributed by atoms with Gasteiger partial charge in [0.15, 0.2) is 5.82 Å². The van der Waals surface area contributed by atoms with Crippen LogP contribution in [0, 0.1) is 0 Å². The Balaban J connectivity index is 1.02. The van der Waals surface area contributed by atoms with E-state index in [1.165, 1.54) is 76.6 Å². The maximum absolute atomic E-state index is 5.05. The molecule has 1 aromatic heterocycles. The molecule has 1 fully saturated rings. The fourth-order valence-corrected chi connectivity index (χ4v) is 9.46. The number of hydrogen-bond acceptors (Lipinski definition) is 2. The van der Waals surface area contributed by atoms with Gasteiger partial charge in [0, 0.05) is 27.5 Å². The summed E-state index contributed by atoms with van der Waals surface area (Å²) in [6.07, 6.45) is 6.50. The van der Waals surface area contributed by atoms with E-state index in [9.17, 15) is 0 Å². The van der Waals surface area contributed by atoms with Crippen molar-refractivity contribution in [2.45, 2.75) is 56.8 Å². The molecule has 6 aromatic carbocycles. The molecule has 10 rings (SSSR count). The zero-order valence-electron chi connectivity index (χ0n) is 29.3. The normalized spacial score (nSPS) is 16.0. The van der Waals surface area contributed by atoms with Crippen molar-refractivity contribution in [2.24, 2.45) is 0 Å². The lowest BCUT2D eigenvalue weighted by atomic mass is 9.67. The molecular weight excluding hydrogens is 617 g/mol. The van der Waals surface area contributed by atoms with Gasteiger partial charge in [-0.3, -0.25) is 0 Å². The van der Waals surface area contributed by atoms with Crippen LogP contribution in [-0.2, 0) is 10.8 Å². The van der Waals surface area contributed by atoms with Crippen molar-refractivity contribution in [3.05, 3.63) is 168 Å². The molecule has 0 saturated heterocycles. The van der Waals surface area contributed by atoms with Crippen molar-refractivity contribution in [2.75, 3.05) is 0 Å². The lowest BCUT2D eigenvalue weighted by molar-refractivity contribution is 0.353. The van der Waals surface area contributed by atoms with Gasteiger partial charge < -0.3 is 0 Å². The van der Waals surface area contributed by atoms with E-state index < -0.39 is 0 Å². The molecule has 0 radical (unpaired) electrons. The van der Waals surface area contributed by atoms with Crippen LogP contribution >= 0.6 is 0 Å². The maximum Gasteiger partial charge on any atom is 0.160 e. The Kier molecular flexibility index (Phi) is 6.80. The predicted octanol–water partition coefficient (Wildman–Crippen LogP) is 12.7. The van der Waals surface area contributed by atoms with Crippen molar-refractivity contribution in [1.82, 2.24) is 9.97 Å². The second kappa shape index (κ2) is 11.5. The van der Waals surface area contributed by atoms with Crippen LogP contribution < -0.4 is 0 Å². The zero-order chi connectivity index (χ0) is 34.2. The van der Waals surface area contributed by atoms with E-state index in [4.69, 9.17) is 9.97 Å². The standard InChI is InChI=1S/C49H40N2/c1-48(2)42-28-36(24-25-38(42)39-30-44-40(29-43(39)48)37-18-10-11-19-41(37)49(44)26-12-5-13-27-49)32-20-22-34(23-21-32)46-31-45(33-14-6-3-7-15-33)50-47(51-46)35-16-8-4-9-17-35/h3-4,6-11,14-25,28-31H,5,12-13,26-27H2,1-2H3. The quantitative estimate of drug-likeness (QED) is 0.188. The average molecular weight is 657 g/mol. The first-order valence-electron chi connectivity index (χ1n) is 18.5. The van der Waals surface area contributed by atoms with Gasteiger partial charge >= 0.3 is 0 Å². The fraction of sp³-hybridized carbons (Fsp3) is 0.184. The minimum absolute atomic E-state index is 0.0878. The molecule has 1 heterocycles. The number of benzene rings is 6. The molecule has 0 bridgehead atoms. The third-order valence-electron chi connectivity index (χ3n) is 12.1. The van der Waals surface area contributed by atoms with Crippen molar-refractivity contribution in [3.63, 3.8) is 0 Å². The van der Waals surface area contributed by atoms with Gasteiger partial charge in [-0.15, -0.1) is 0 Å². The van der Waals surface area contributed by atoms with Gasteiger partial charge in [-0.05, 0) is 92.7 Å². The largest absolute Gasteiger partial charge is 0.228 e. The van der Waals surface area contributed by atoms with E-state index in [-0.39, 0.29) is 10.8 Å². The summed E-state index contributed by atoms with van der Waals surface area (Å²) in [6, 6.07) is 53.2. The molecule has 1 spiro atoms. The lowest BCUT2D eigenvalue weighted by Gasteiger charge is -2.36. The van der Waals surface area contributed by atoms with Crippen LogP contribution in [0.15, 0.2) is 146 Å². The third-order valence-corrected chi connectivity index (χ3v) is 12.1. The molecule has 2 nitrogen and oxygen atoms in total. The highest BCUT2D eigenvalue weighted by Crippen LogP contribution is 2.59. The topological polar surface area (TPSA) is 25.8 Å². The summed E-state index contributed by atoms with van der Waals surface area (Å²) in [5.74, 6) is 0.736.